The molecule has 0 aliphatic carbocycles. The molecule has 5 rings (SSSR count). The summed E-state index contributed by atoms with van der Waals surface area (Å²) in [4.78, 5) is 0. The quantitative estimate of drug-likeness (QED) is 0.147. The molecular weight excluding hydrogens is 573 g/mol. The Kier molecular flexibility index (Phi) is 10.4. The molecule has 0 bridgehead atoms. The third-order valence-electron chi connectivity index (χ3n) is 8.69. The van der Waals surface area contributed by atoms with Crippen molar-refractivity contribution in [1.82, 2.24) is 9.88 Å². The Balaban J connectivity index is 1.75. The fourth-order valence-electron chi connectivity index (χ4n) is 6.13. The summed E-state index contributed by atoms with van der Waals surface area (Å²) in [5.41, 5.74) is 24.9. The van der Waals surface area contributed by atoms with Crippen molar-refractivity contribution < 1.29 is 0 Å². The summed E-state index contributed by atoms with van der Waals surface area (Å²) in [6.07, 6.45) is 24.4. The third kappa shape index (κ3) is 6.78. The van der Waals surface area contributed by atoms with Gasteiger partial charge in [-0.05, 0) is 102 Å². The number of dihydropyridines is 1. The van der Waals surface area contributed by atoms with E-state index < -0.39 is 0 Å². The lowest BCUT2D eigenvalue weighted by atomic mass is 9.96. The van der Waals surface area contributed by atoms with E-state index in [1.807, 2.05) is 37.3 Å². The van der Waals surface area contributed by atoms with Crippen molar-refractivity contribution in [2.45, 2.75) is 27.2 Å². The average Bonchev–Trinajstić information content (AvgIpc) is 3.36. The predicted octanol–water partition coefficient (Wildman–Crippen LogP) is 9.83. The first-order valence-corrected chi connectivity index (χ1v) is 16.0. The Morgan fingerprint density at radius 3 is 2.45 bits per heavy atom. The SMILES string of the molecule is C=CC(=C\c1c(C)c(C)c(-c2ccc(C3=CC=CCN3)cc2C=C)n1-c1cccc2ccccc12)/C(/C=C\CC(/C=C\C)=C/N)=C/N. The number of rotatable bonds is 11. The minimum Gasteiger partial charge on any atom is -0.404 e. The van der Waals surface area contributed by atoms with E-state index in [-0.39, 0.29) is 0 Å². The third-order valence-corrected chi connectivity index (χ3v) is 8.69. The van der Waals surface area contributed by atoms with Gasteiger partial charge in [0, 0.05) is 29.4 Å². The van der Waals surface area contributed by atoms with Crippen LogP contribution < -0.4 is 16.8 Å². The van der Waals surface area contributed by atoms with Gasteiger partial charge < -0.3 is 21.4 Å². The van der Waals surface area contributed by atoms with Gasteiger partial charge in [-0.2, -0.15) is 0 Å². The molecule has 0 fully saturated rings. The molecule has 1 aromatic heterocycles. The van der Waals surface area contributed by atoms with Crippen molar-refractivity contribution >= 4 is 28.6 Å². The van der Waals surface area contributed by atoms with Gasteiger partial charge in [0.05, 0.1) is 17.1 Å². The van der Waals surface area contributed by atoms with Gasteiger partial charge in [0.25, 0.3) is 0 Å². The highest BCUT2D eigenvalue weighted by atomic mass is 15.0. The fraction of sp³-hybridized carbons (Fsp3) is 0.116. The summed E-state index contributed by atoms with van der Waals surface area (Å²) in [5.74, 6) is 0. The lowest BCUT2D eigenvalue weighted by Crippen LogP contribution is -2.14. The van der Waals surface area contributed by atoms with E-state index >= 15 is 0 Å². The number of aromatic nitrogens is 1. The average molecular weight is 617 g/mol. The minimum absolute atomic E-state index is 0.695. The van der Waals surface area contributed by atoms with E-state index in [9.17, 15) is 0 Å². The first-order valence-electron chi connectivity index (χ1n) is 16.0. The Hall–Kier alpha value is -5.74. The van der Waals surface area contributed by atoms with Gasteiger partial charge in [0.2, 0.25) is 0 Å². The second-order valence-corrected chi connectivity index (χ2v) is 11.5. The molecule has 47 heavy (non-hydrogen) atoms. The Labute approximate surface area is 279 Å². The highest BCUT2D eigenvalue weighted by Gasteiger charge is 2.22. The van der Waals surface area contributed by atoms with Crippen LogP contribution in [0.5, 0.6) is 0 Å². The number of hydrogen-bond acceptors (Lipinski definition) is 3. The van der Waals surface area contributed by atoms with Crippen LogP contribution in [0.2, 0.25) is 0 Å². The molecule has 5 N–H and O–H groups in total. The predicted molar refractivity (Wildman–Crippen MR) is 205 cm³/mol. The fourth-order valence-corrected chi connectivity index (χ4v) is 6.13. The maximum Gasteiger partial charge on any atom is 0.0572 e. The van der Waals surface area contributed by atoms with Gasteiger partial charge in [0.15, 0.2) is 0 Å². The van der Waals surface area contributed by atoms with Crippen LogP contribution >= 0.6 is 0 Å². The first-order chi connectivity index (χ1) is 22.9. The maximum absolute atomic E-state index is 6.23. The summed E-state index contributed by atoms with van der Waals surface area (Å²) in [6, 6.07) is 21.6. The van der Waals surface area contributed by atoms with E-state index in [2.05, 4.69) is 128 Å². The summed E-state index contributed by atoms with van der Waals surface area (Å²) in [5, 5.41) is 5.83. The molecule has 0 spiro atoms. The molecule has 0 saturated heterocycles. The van der Waals surface area contributed by atoms with Gasteiger partial charge >= 0.3 is 0 Å². The topological polar surface area (TPSA) is 69.0 Å². The second-order valence-electron chi connectivity index (χ2n) is 11.5. The van der Waals surface area contributed by atoms with Crippen molar-refractivity contribution in [3.8, 4) is 16.9 Å². The van der Waals surface area contributed by atoms with E-state index in [1.165, 1.54) is 21.9 Å². The van der Waals surface area contributed by atoms with Gasteiger partial charge in [0.1, 0.15) is 0 Å². The van der Waals surface area contributed by atoms with Gasteiger partial charge in [-0.15, -0.1) is 0 Å². The van der Waals surface area contributed by atoms with Crippen LogP contribution in [0.15, 0.2) is 152 Å². The molecule has 0 amide bonds. The highest BCUT2D eigenvalue weighted by Crippen LogP contribution is 2.40. The number of allylic oxidation sites excluding steroid dienone is 10. The van der Waals surface area contributed by atoms with Crippen LogP contribution in [0, 0.1) is 13.8 Å². The lowest BCUT2D eigenvalue weighted by Gasteiger charge is -2.19. The summed E-state index contributed by atoms with van der Waals surface area (Å²) in [6.45, 7) is 15.6. The summed E-state index contributed by atoms with van der Waals surface area (Å²) >= 11 is 0. The van der Waals surface area contributed by atoms with Crippen molar-refractivity contribution in [2.75, 3.05) is 6.54 Å². The van der Waals surface area contributed by atoms with Crippen LogP contribution in [-0.2, 0) is 0 Å². The number of nitrogens with one attached hydrogen (secondary N) is 1. The Morgan fingerprint density at radius 1 is 0.936 bits per heavy atom. The van der Waals surface area contributed by atoms with Crippen molar-refractivity contribution in [3.63, 3.8) is 0 Å². The normalized spacial score (nSPS) is 14.2. The van der Waals surface area contributed by atoms with Gasteiger partial charge in [-0.1, -0.05) is 110 Å². The molecule has 4 nitrogen and oxygen atoms in total. The molecular formula is C43H44N4. The molecule has 0 atom stereocenters. The maximum atomic E-state index is 6.23. The second kappa shape index (κ2) is 15.0. The molecule has 4 heteroatoms. The number of nitrogens with two attached hydrogens (primary N) is 2. The van der Waals surface area contributed by atoms with Crippen LogP contribution in [0.1, 0.15) is 41.3 Å². The van der Waals surface area contributed by atoms with Crippen molar-refractivity contribution in [3.05, 3.63) is 179 Å². The largest absolute Gasteiger partial charge is 0.404 e. The Morgan fingerprint density at radius 2 is 1.74 bits per heavy atom. The van der Waals surface area contributed by atoms with Crippen molar-refractivity contribution in [1.29, 1.82) is 0 Å². The van der Waals surface area contributed by atoms with E-state index in [1.54, 1.807) is 12.4 Å². The molecule has 0 radical (unpaired) electrons. The zero-order valence-electron chi connectivity index (χ0n) is 27.6. The monoisotopic (exact) mass is 616 g/mol. The van der Waals surface area contributed by atoms with Crippen LogP contribution in [0.25, 0.3) is 45.6 Å². The molecule has 0 unspecified atom stereocenters. The molecule has 4 aromatic rings. The zero-order chi connectivity index (χ0) is 33.3. The lowest BCUT2D eigenvalue weighted by molar-refractivity contribution is 0.995. The molecule has 1 aliphatic heterocycles. The van der Waals surface area contributed by atoms with Crippen molar-refractivity contribution in [2.24, 2.45) is 11.5 Å². The number of benzene rings is 3. The molecule has 1 aliphatic rings. The number of fused-ring (bicyclic) bond motifs is 1. The molecule has 2 heterocycles. The van der Waals surface area contributed by atoms with Gasteiger partial charge in [-0.3, -0.25) is 0 Å². The zero-order valence-corrected chi connectivity index (χ0v) is 27.6. The summed E-state index contributed by atoms with van der Waals surface area (Å²) < 4.78 is 2.39. The first kappa shape index (κ1) is 32.6. The Bertz CT molecular complexity index is 2030. The van der Waals surface area contributed by atoms with Gasteiger partial charge in [-0.25, -0.2) is 0 Å². The smallest absolute Gasteiger partial charge is 0.0572 e. The highest BCUT2D eigenvalue weighted by molar-refractivity contribution is 5.93. The number of hydrogen-bond donors (Lipinski definition) is 3. The minimum atomic E-state index is 0.695. The number of nitrogens with zero attached hydrogens (tertiary/aromatic N) is 1. The van der Waals surface area contributed by atoms with Crippen LogP contribution in [0.3, 0.4) is 0 Å². The molecule has 0 saturated carbocycles. The molecule has 236 valence electrons. The summed E-state index contributed by atoms with van der Waals surface area (Å²) in [7, 11) is 0. The van der Waals surface area contributed by atoms with Crippen LogP contribution in [0.4, 0.5) is 0 Å². The standard InChI is InChI=1S/C43H44N4/c1-6-15-32(28-44)16-13-19-37(29-45)33(7-2)27-42-30(4)31(5)43(47(42)41-22-14-18-35-17-9-10-20-38(35)41)39-24-23-36(26-34(39)8-3)40-21-11-12-25-46-40/h6-15,17-24,26-29,46H,2-3,16,25,44-45H2,1,4-5H3/b15-6-,19-13-,32-28+,33-27+,37-29+. The van der Waals surface area contributed by atoms with Crippen LogP contribution in [-0.4, -0.2) is 11.1 Å². The molecule has 3 aromatic carbocycles. The van der Waals surface area contributed by atoms with E-state index in [4.69, 9.17) is 11.5 Å². The van der Waals surface area contributed by atoms with E-state index in [0.29, 0.717) is 6.42 Å². The van der Waals surface area contributed by atoms with E-state index in [0.717, 1.165) is 62.7 Å².